The summed E-state index contributed by atoms with van der Waals surface area (Å²) in [6.45, 7) is 0.492. The molecule has 0 aromatic heterocycles. The number of nitro groups is 1. The van der Waals surface area contributed by atoms with Gasteiger partial charge < -0.3 is 10.6 Å². The molecular formula is C15H14ClN3O3. The lowest BCUT2D eigenvalue weighted by molar-refractivity contribution is -0.384. The van der Waals surface area contributed by atoms with Gasteiger partial charge in [0.2, 0.25) is 0 Å². The van der Waals surface area contributed by atoms with Crippen molar-refractivity contribution in [1.29, 1.82) is 0 Å². The summed E-state index contributed by atoms with van der Waals surface area (Å²) in [4.78, 5) is 21.6. The molecule has 0 atom stereocenters. The van der Waals surface area contributed by atoms with Gasteiger partial charge in [0.25, 0.3) is 11.6 Å². The highest BCUT2D eigenvalue weighted by Crippen LogP contribution is 2.27. The first-order valence-electron chi connectivity index (χ1n) is 6.50. The fraction of sp³-hybridized carbons (Fsp3) is 0.133. The zero-order chi connectivity index (χ0) is 16.1. The molecule has 0 bridgehead atoms. The lowest BCUT2D eigenvalue weighted by atomic mass is 10.1. The summed E-state index contributed by atoms with van der Waals surface area (Å²) in [6.07, 6.45) is 0. The molecule has 2 rings (SSSR count). The van der Waals surface area contributed by atoms with E-state index in [4.69, 9.17) is 11.6 Å². The van der Waals surface area contributed by atoms with E-state index in [0.717, 1.165) is 5.56 Å². The summed E-state index contributed by atoms with van der Waals surface area (Å²) < 4.78 is 0. The maximum atomic E-state index is 11.4. The molecule has 114 valence electrons. The van der Waals surface area contributed by atoms with Gasteiger partial charge in [-0.25, -0.2) is 0 Å². The Balaban J connectivity index is 2.04. The number of hydrogen-bond donors (Lipinski definition) is 2. The molecule has 0 radical (unpaired) electrons. The number of anilines is 1. The number of amides is 1. The van der Waals surface area contributed by atoms with Crippen molar-refractivity contribution in [3.8, 4) is 0 Å². The van der Waals surface area contributed by atoms with Crippen LogP contribution in [0.3, 0.4) is 0 Å². The molecule has 0 aliphatic rings. The SMILES string of the molecule is CNC(=O)c1ccc(CNc2ccc([N+](=O)[O-])cc2Cl)cc1. The molecule has 2 aromatic rings. The Morgan fingerprint density at radius 1 is 1.23 bits per heavy atom. The smallest absolute Gasteiger partial charge is 0.271 e. The molecule has 0 fully saturated rings. The molecular weight excluding hydrogens is 306 g/mol. The van der Waals surface area contributed by atoms with Crippen LogP contribution in [0.1, 0.15) is 15.9 Å². The van der Waals surface area contributed by atoms with Crippen molar-refractivity contribution >= 4 is 28.9 Å². The van der Waals surface area contributed by atoms with E-state index < -0.39 is 4.92 Å². The first-order valence-corrected chi connectivity index (χ1v) is 6.88. The maximum absolute atomic E-state index is 11.4. The zero-order valence-electron chi connectivity index (χ0n) is 11.8. The fourth-order valence-electron chi connectivity index (χ4n) is 1.88. The van der Waals surface area contributed by atoms with Gasteiger partial charge in [0.1, 0.15) is 0 Å². The van der Waals surface area contributed by atoms with Crippen molar-refractivity contribution in [2.75, 3.05) is 12.4 Å². The van der Waals surface area contributed by atoms with Gasteiger partial charge in [-0.3, -0.25) is 14.9 Å². The van der Waals surface area contributed by atoms with Crippen LogP contribution in [0.25, 0.3) is 0 Å². The predicted molar refractivity (Wildman–Crippen MR) is 85.3 cm³/mol. The van der Waals surface area contributed by atoms with Crippen molar-refractivity contribution in [3.63, 3.8) is 0 Å². The van der Waals surface area contributed by atoms with Crippen molar-refractivity contribution in [2.24, 2.45) is 0 Å². The van der Waals surface area contributed by atoms with Crippen LogP contribution in [-0.4, -0.2) is 17.9 Å². The molecule has 6 nitrogen and oxygen atoms in total. The second kappa shape index (κ2) is 6.91. The molecule has 2 N–H and O–H groups in total. The van der Waals surface area contributed by atoms with Crippen LogP contribution in [0.2, 0.25) is 5.02 Å². The topological polar surface area (TPSA) is 84.3 Å². The number of non-ortho nitro benzene ring substituents is 1. The molecule has 0 aliphatic carbocycles. The number of hydrogen-bond acceptors (Lipinski definition) is 4. The fourth-order valence-corrected chi connectivity index (χ4v) is 2.12. The predicted octanol–water partition coefficient (Wildman–Crippen LogP) is 3.22. The quantitative estimate of drug-likeness (QED) is 0.654. The number of nitro benzene ring substituents is 1. The van der Waals surface area contributed by atoms with Crippen molar-refractivity contribution < 1.29 is 9.72 Å². The van der Waals surface area contributed by atoms with Gasteiger partial charge in [-0.2, -0.15) is 0 Å². The Morgan fingerprint density at radius 3 is 2.45 bits per heavy atom. The molecule has 0 aliphatic heterocycles. The van der Waals surface area contributed by atoms with E-state index in [2.05, 4.69) is 10.6 Å². The van der Waals surface area contributed by atoms with Crippen molar-refractivity contribution in [2.45, 2.75) is 6.54 Å². The van der Waals surface area contributed by atoms with Gasteiger partial charge in [-0.05, 0) is 23.8 Å². The van der Waals surface area contributed by atoms with E-state index >= 15 is 0 Å². The monoisotopic (exact) mass is 319 g/mol. The molecule has 0 unspecified atom stereocenters. The van der Waals surface area contributed by atoms with E-state index in [0.29, 0.717) is 17.8 Å². The van der Waals surface area contributed by atoms with Crippen LogP contribution in [0.5, 0.6) is 0 Å². The molecule has 2 aromatic carbocycles. The largest absolute Gasteiger partial charge is 0.380 e. The van der Waals surface area contributed by atoms with Gasteiger partial charge in [0.05, 0.1) is 15.6 Å². The second-order valence-corrected chi connectivity index (χ2v) is 4.96. The average molecular weight is 320 g/mol. The number of nitrogens with zero attached hydrogens (tertiary/aromatic N) is 1. The minimum Gasteiger partial charge on any atom is -0.380 e. The third kappa shape index (κ3) is 3.73. The van der Waals surface area contributed by atoms with E-state index in [1.54, 1.807) is 25.2 Å². The molecule has 0 saturated heterocycles. The Morgan fingerprint density at radius 2 is 1.91 bits per heavy atom. The van der Waals surface area contributed by atoms with E-state index in [1.165, 1.54) is 12.1 Å². The number of benzene rings is 2. The van der Waals surface area contributed by atoms with E-state index in [9.17, 15) is 14.9 Å². The highest BCUT2D eigenvalue weighted by molar-refractivity contribution is 6.33. The van der Waals surface area contributed by atoms with Crippen LogP contribution in [0.4, 0.5) is 11.4 Å². The summed E-state index contributed by atoms with van der Waals surface area (Å²) in [5.74, 6) is -0.141. The summed E-state index contributed by atoms with van der Waals surface area (Å²) >= 11 is 6.01. The standard InChI is InChI=1S/C15H14ClN3O3/c1-17-15(20)11-4-2-10(3-5-11)9-18-14-7-6-12(19(21)22)8-13(14)16/h2-8,18H,9H2,1H3,(H,17,20). The molecule has 0 heterocycles. The molecule has 1 amide bonds. The lowest BCUT2D eigenvalue weighted by Crippen LogP contribution is -2.17. The number of nitrogens with one attached hydrogen (secondary N) is 2. The summed E-state index contributed by atoms with van der Waals surface area (Å²) in [6, 6.07) is 11.4. The third-order valence-electron chi connectivity index (χ3n) is 3.09. The Bertz CT molecular complexity index is 702. The highest BCUT2D eigenvalue weighted by atomic mass is 35.5. The second-order valence-electron chi connectivity index (χ2n) is 4.55. The van der Waals surface area contributed by atoms with Crippen LogP contribution in [-0.2, 0) is 6.54 Å². The van der Waals surface area contributed by atoms with E-state index in [1.807, 2.05) is 12.1 Å². The molecule has 22 heavy (non-hydrogen) atoms. The van der Waals surface area contributed by atoms with Crippen molar-refractivity contribution in [3.05, 3.63) is 68.7 Å². The number of rotatable bonds is 5. The molecule has 0 spiro atoms. The number of carbonyl (C=O) groups is 1. The highest BCUT2D eigenvalue weighted by Gasteiger charge is 2.09. The summed E-state index contributed by atoms with van der Waals surface area (Å²) in [5.41, 5.74) is 2.11. The average Bonchev–Trinajstić information content (AvgIpc) is 2.53. The van der Waals surface area contributed by atoms with Gasteiger partial charge in [-0.15, -0.1) is 0 Å². The van der Waals surface area contributed by atoms with Crippen LogP contribution < -0.4 is 10.6 Å². The Labute approximate surface area is 132 Å². The summed E-state index contributed by atoms with van der Waals surface area (Å²) in [5, 5.41) is 16.6. The Kier molecular flexibility index (Phi) is 4.95. The molecule has 7 heteroatoms. The van der Waals surface area contributed by atoms with Crippen LogP contribution >= 0.6 is 11.6 Å². The normalized spacial score (nSPS) is 10.1. The zero-order valence-corrected chi connectivity index (χ0v) is 12.6. The number of carbonyl (C=O) groups excluding carboxylic acids is 1. The van der Waals surface area contributed by atoms with Crippen LogP contribution in [0, 0.1) is 10.1 Å². The third-order valence-corrected chi connectivity index (χ3v) is 3.40. The number of halogens is 1. The van der Waals surface area contributed by atoms with Crippen molar-refractivity contribution in [1.82, 2.24) is 5.32 Å². The molecule has 0 saturated carbocycles. The van der Waals surface area contributed by atoms with Gasteiger partial charge in [-0.1, -0.05) is 23.7 Å². The first kappa shape index (κ1) is 15.8. The van der Waals surface area contributed by atoms with Gasteiger partial charge >= 0.3 is 0 Å². The van der Waals surface area contributed by atoms with Gasteiger partial charge in [0.15, 0.2) is 0 Å². The van der Waals surface area contributed by atoms with Crippen LogP contribution in [0.15, 0.2) is 42.5 Å². The Hall–Kier alpha value is -2.60. The minimum absolute atomic E-state index is 0.0505. The van der Waals surface area contributed by atoms with Gasteiger partial charge in [0, 0.05) is 31.3 Å². The maximum Gasteiger partial charge on any atom is 0.271 e. The minimum atomic E-state index is -0.493. The summed E-state index contributed by atoms with van der Waals surface area (Å²) in [7, 11) is 1.58. The lowest BCUT2D eigenvalue weighted by Gasteiger charge is -2.09. The van der Waals surface area contributed by atoms with E-state index in [-0.39, 0.29) is 16.6 Å². The first-order chi connectivity index (χ1) is 10.5.